The van der Waals surface area contributed by atoms with Crippen molar-refractivity contribution in [3.05, 3.63) is 0 Å². The van der Waals surface area contributed by atoms with Gasteiger partial charge in [0.05, 0.1) is 13.0 Å². The first-order valence-electron chi connectivity index (χ1n) is 5.15. The van der Waals surface area contributed by atoms with Crippen LogP contribution in [0.2, 0.25) is 0 Å². The van der Waals surface area contributed by atoms with Gasteiger partial charge in [-0.3, -0.25) is 14.9 Å². The van der Waals surface area contributed by atoms with Gasteiger partial charge in [0.1, 0.15) is 6.04 Å². The van der Waals surface area contributed by atoms with Crippen molar-refractivity contribution in [2.24, 2.45) is 0 Å². The second-order valence-corrected chi connectivity index (χ2v) is 3.97. The number of nitrogens with one attached hydrogen (secondary N) is 3. The molecule has 17 heavy (non-hydrogen) atoms. The van der Waals surface area contributed by atoms with Crippen LogP contribution in [0, 0.1) is 0 Å². The van der Waals surface area contributed by atoms with Gasteiger partial charge in [0.15, 0.2) is 0 Å². The SMILES string of the molecule is CC(CC(F)(F)F)NC(=O)C1CNC(=O)CN1. The van der Waals surface area contributed by atoms with Gasteiger partial charge in [0.2, 0.25) is 11.8 Å². The van der Waals surface area contributed by atoms with Crippen molar-refractivity contribution in [3.63, 3.8) is 0 Å². The van der Waals surface area contributed by atoms with Crippen LogP contribution in [0.5, 0.6) is 0 Å². The van der Waals surface area contributed by atoms with Crippen molar-refractivity contribution >= 4 is 11.8 Å². The van der Waals surface area contributed by atoms with Gasteiger partial charge < -0.3 is 10.6 Å². The smallest absolute Gasteiger partial charge is 0.353 e. The molecule has 1 aliphatic rings. The first kappa shape index (κ1) is 13.8. The molecule has 0 bridgehead atoms. The Morgan fingerprint density at radius 3 is 2.71 bits per heavy atom. The number of piperazine rings is 1. The van der Waals surface area contributed by atoms with Gasteiger partial charge in [-0.1, -0.05) is 0 Å². The second kappa shape index (κ2) is 5.35. The molecule has 0 saturated carbocycles. The largest absolute Gasteiger partial charge is 0.391 e. The summed E-state index contributed by atoms with van der Waals surface area (Å²) in [5.41, 5.74) is 0. The topological polar surface area (TPSA) is 70.2 Å². The number of rotatable bonds is 3. The molecule has 2 atom stereocenters. The summed E-state index contributed by atoms with van der Waals surface area (Å²) in [7, 11) is 0. The fraction of sp³-hybridized carbons (Fsp3) is 0.778. The summed E-state index contributed by atoms with van der Waals surface area (Å²) in [5.74, 6) is -0.779. The number of amides is 2. The Morgan fingerprint density at radius 1 is 1.59 bits per heavy atom. The lowest BCUT2D eigenvalue weighted by Crippen LogP contribution is -2.59. The van der Waals surface area contributed by atoms with Crippen LogP contribution < -0.4 is 16.0 Å². The molecule has 5 nitrogen and oxygen atoms in total. The molecule has 98 valence electrons. The lowest BCUT2D eigenvalue weighted by Gasteiger charge is -2.25. The predicted octanol–water partition coefficient (Wildman–Crippen LogP) is -0.468. The van der Waals surface area contributed by atoms with Gasteiger partial charge >= 0.3 is 6.18 Å². The quantitative estimate of drug-likeness (QED) is 0.637. The molecule has 1 saturated heterocycles. The minimum atomic E-state index is -4.30. The predicted molar refractivity (Wildman–Crippen MR) is 53.1 cm³/mol. The fourth-order valence-corrected chi connectivity index (χ4v) is 1.49. The van der Waals surface area contributed by atoms with E-state index in [1.807, 2.05) is 0 Å². The molecule has 8 heteroatoms. The van der Waals surface area contributed by atoms with E-state index in [4.69, 9.17) is 0 Å². The van der Waals surface area contributed by atoms with E-state index < -0.39 is 30.6 Å². The third kappa shape index (κ3) is 5.03. The highest BCUT2D eigenvalue weighted by Crippen LogP contribution is 2.21. The van der Waals surface area contributed by atoms with Crippen LogP contribution in [0.4, 0.5) is 13.2 Å². The van der Waals surface area contributed by atoms with Gasteiger partial charge in [-0.05, 0) is 6.92 Å². The third-order valence-corrected chi connectivity index (χ3v) is 2.26. The maximum Gasteiger partial charge on any atom is 0.391 e. The first-order valence-corrected chi connectivity index (χ1v) is 5.15. The van der Waals surface area contributed by atoms with Crippen LogP contribution in [0.3, 0.4) is 0 Å². The molecule has 3 N–H and O–H groups in total. The molecular formula is C9H14F3N3O2. The molecule has 1 rings (SSSR count). The molecule has 0 aromatic heterocycles. The molecule has 1 fully saturated rings. The fourth-order valence-electron chi connectivity index (χ4n) is 1.49. The number of carbonyl (C=O) groups is 2. The highest BCUT2D eigenvalue weighted by Gasteiger charge is 2.32. The van der Waals surface area contributed by atoms with Crippen LogP contribution in [-0.2, 0) is 9.59 Å². The van der Waals surface area contributed by atoms with E-state index in [2.05, 4.69) is 16.0 Å². The van der Waals surface area contributed by atoms with Crippen molar-refractivity contribution in [2.45, 2.75) is 31.6 Å². The van der Waals surface area contributed by atoms with Crippen molar-refractivity contribution < 1.29 is 22.8 Å². The summed E-state index contributed by atoms with van der Waals surface area (Å²) in [5, 5.41) is 7.33. The maximum atomic E-state index is 12.0. The molecule has 0 aliphatic carbocycles. The second-order valence-electron chi connectivity index (χ2n) is 3.97. The Hall–Kier alpha value is -1.31. The number of hydrogen-bond acceptors (Lipinski definition) is 3. The molecule has 1 aliphatic heterocycles. The Morgan fingerprint density at radius 2 is 2.24 bits per heavy atom. The van der Waals surface area contributed by atoms with Gasteiger partial charge in [0.25, 0.3) is 0 Å². The minimum absolute atomic E-state index is 0.00820. The standard InChI is InChI=1S/C9H14F3N3O2/c1-5(2-9(10,11)12)15-8(17)6-3-14-7(16)4-13-6/h5-6,13H,2-4H2,1H3,(H,14,16)(H,15,17). The molecule has 0 aromatic carbocycles. The first-order chi connectivity index (χ1) is 7.78. The molecule has 1 heterocycles. The van der Waals surface area contributed by atoms with Crippen LogP contribution in [0.25, 0.3) is 0 Å². The number of carbonyl (C=O) groups excluding carboxylic acids is 2. The van der Waals surface area contributed by atoms with Gasteiger partial charge in [-0.15, -0.1) is 0 Å². The third-order valence-electron chi connectivity index (χ3n) is 2.26. The van der Waals surface area contributed by atoms with E-state index in [1.165, 1.54) is 6.92 Å². The lowest BCUT2D eigenvalue weighted by atomic mass is 10.2. The monoisotopic (exact) mass is 253 g/mol. The van der Waals surface area contributed by atoms with Crippen molar-refractivity contribution in [2.75, 3.05) is 13.1 Å². The van der Waals surface area contributed by atoms with Crippen LogP contribution >= 0.6 is 0 Å². The summed E-state index contributed by atoms with van der Waals surface area (Å²) in [6.45, 7) is 1.36. The Kier molecular flexibility index (Phi) is 4.33. The maximum absolute atomic E-state index is 12.0. The van der Waals surface area contributed by atoms with E-state index in [1.54, 1.807) is 0 Å². The van der Waals surface area contributed by atoms with Crippen LogP contribution in [0.15, 0.2) is 0 Å². The number of halogens is 3. The van der Waals surface area contributed by atoms with Gasteiger partial charge in [-0.25, -0.2) is 0 Å². The number of alkyl halides is 3. The summed E-state index contributed by atoms with van der Waals surface area (Å²) in [6, 6.07) is -1.66. The van der Waals surface area contributed by atoms with E-state index in [-0.39, 0.29) is 19.0 Å². The molecule has 0 radical (unpaired) electrons. The average Bonchev–Trinajstić information content (AvgIpc) is 2.15. The zero-order valence-electron chi connectivity index (χ0n) is 9.23. The highest BCUT2D eigenvalue weighted by molar-refractivity contribution is 5.86. The Bertz CT molecular complexity index is 296. The lowest BCUT2D eigenvalue weighted by molar-refractivity contribution is -0.141. The van der Waals surface area contributed by atoms with Crippen LogP contribution in [-0.4, -0.2) is 43.2 Å². The summed E-state index contributed by atoms with van der Waals surface area (Å²) in [6.07, 6.45) is -5.38. The molecular weight excluding hydrogens is 239 g/mol. The van der Waals surface area contributed by atoms with E-state index in [0.717, 1.165) is 0 Å². The van der Waals surface area contributed by atoms with Crippen molar-refractivity contribution in [1.29, 1.82) is 0 Å². The summed E-state index contributed by atoms with van der Waals surface area (Å²) >= 11 is 0. The van der Waals surface area contributed by atoms with E-state index in [9.17, 15) is 22.8 Å². The Balaban J connectivity index is 2.36. The molecule has 2 amide bonds. The highest BCUT2D eigenvalue weighted by atomic mass is 19.4. The normalized spacial score (nSPS) is 22.8. The number of hydrogen-bond donors (Lipinski definition) is 3. The zero-order valence-corrected chi connectivity index (χ0v) is 9.23. The van der Waals surface area contributed by atoms with E-state index in [0.29, 0.717) is 0 Å². The zero-order chi connectivity index (χ0) is 13.1. The van der Waals surface area contributed by atoms with Gasteiger partial charge in [-0.2, -0.15) is 13.2 Å². The van der Waals surface area contributed by atoms with Crippen molar-refractivity contribution in [3.8, 4) is 0 Å². The van der Waals surface area contributed by atoms with Crippen LogP contribution in [0.1, 0.15) is 13.3 Å². The van der Waals surface area contributed by atoms with E-state index >= 15 is 0 Å². The summed E-state index contributed by atoms with van der Waals surface area (Å²) < 4.78 is 36.1. The molecule has 0 aromatic rings. The molecule has 2 unspecified atom stereocenters. The molecule has 0 spiro atoms. The summed E-state index contributed by atoms with van der Waals surface area (Å²) in [4.78, 5) is 22.3. The Labute approximate surface area is 96.1 Å². The van der Waals surface area contributed by atoms with Crippen molar-refractivity contribution in [1.82, 2.24) is 16.0 Å². The van der Waals surface area contributed by atoms with Gasteiger partial charge in [0, 0.05) is 12.6 Å². The minimum Gasteiger partial charge on any atom is -0.353 e. The average molecular weight is 253 g/mol.